The van der Waals surface area contributed by atoms with Crippen LogP contribution in [0.15, 0.2) is 36.9 Å². The number of anilines is 1. The third-order valence-corrected chi connectivity index (χ3v) is 4.99. The van der Waals surface area contributed by atoms with Crippen LogP contribution in [-0.4, -0.2) is 33.6 Å². The molecule has 28 heavy (non-hydrogen) atoms. The van der Waals surface area contributed by atoms with Gasteiger partial charge in [0, 0.05) is 18.9 Å². The van der Waals surface area contributed by atoms with Gasteiger partial charge in [-0.25, -0.2) is 24.3 Å². The van der Waals surface area contributed by atoms with E-state index in [2.05, 4.69) is 24.8 Å². The first-order valence-corrected chi connectivity index (χ1v) is 9.04. The van der Waals surface area contributed by atoms with E-state index in [9.17, 15) is 8.78 Å². The van der Waals surface area contributed by atoms with Crippen molar-refractivity contribution in [2.45, 2.75) is 25.8 Å². The zero-order valence-electron chi connectivity index (χ0n) is 15.6. The number of fused-ring (bicyclic) bond motifs is 1. The fourth-order valence-electron chi connectivity index (χ4n) is 3.66. The monoisotopic (exact) mass is 383 g/mol. The van der Waals surface area contributed by atoms with Gasteiger partial charge in [-0.2, -0.15) is 4.39 Å². The van der Waals surface area contributed by atoms with Gasteiger partial charge in [-0.3, -0.25) is 0 Å². The van der Waals surface area contributed by atoms with Crippen molar-refractivity contribution in [3.05, 3.63) is 59.7 Å². The van der Waals surface area contributed by atoms with E-state index in [1.165, 1.54) is 7.11 Å². The van der Waals surface area contributed by atoms with Crippen molar-refractivity contribution in [1.29, 1.82) is 0 Å². The highest BCUT2D eigenvalue weighted by Crippen LogP contribution is 2.39. The van der Waals surface area contributed by atoms with Crippen molar-refractivity contribution in [3.63, 3.8) is 0 Å². The number of rotatable bonds is 4. The first-order valence-electron chi connectivity index (χ1n) is 9.04. The molecule has 0 aliphatic carbocycles. The normalized spacial score (nSPS) is 16.0. The highest BCUT2D eigenvalue weighted by Gasteiger charge is 2.31. The summed E-state index contributed by atoms with van der Waals surface area (Å²) in [6, 6.07) is 3.20. The van der Waals surface area contributed by atoms with Gasteiger partial charge in [0.05, 0.1) is 31.2 Å². The molecule has 0 fully saturated rings. The Hall–Kier alpha value is -3.16. The molecule has 0 saturated carbocycles. The molecule has 0 amide bonds. The van der Waals surface area contributed by atoms with Crippen LogP contribution in [0.25, 0.3) is 11.6 Å². The molecule has 0 N–H and O–H groups in total. The lowest BCUT2D eigenvalue weighted by atomic mass is 9.90. The Bertz CT molecular complexity index is 982. The molecule has 0 radical (unpaired) electrons. The summed E-state index contributed by atoms with van der Waals surface area (Å²) in [5, 5.41) is 0. The van der Waals surface area contributed by atoms with Crippen LogP contribution in [0.2, 0.25) is 0 Å². The molecule has 0 saturated heterocycles. The molecule has 0 spiro atoms. The van der Waals surface area contributed by atoms with Crippen molar-refractivity contribution in [3.8, 4) is 17.4 Å². The molecule has 1 aliphatic heterocycles. The Labute approximate surface area is 161 Å². The average molecular weight is 383 g/mol. The first kappa shape index (κ1) is 18.2. The number of ether oxygens (including phenoxy) is 1. The number of hydrogen-bond donors (Lipinski definition) is 0. The first-order chi connectivity index (χ1) is 13.6. The van der Waals surface area contributed by atoms with E-state index in [0.717, 1.165) is 11.3 Å². The quantitative estimate of drug-likeness (QED) is 0.684. The maximum absolute atomic E-state index is 14.5. The van der Waals surface area contributed by atoms with Gasteiger partial charge >= 0.3 is 0 Å². The molecular weight excluding hydrogens is 364 g/mol. The molecule has 6 nitrogen and oxygen atoms in total. The second-order valence-electron chi connectivity index (χ2n) is 6.48. The van der Waals surface area contributed by atoms with Gasteiger partial charge in [0.1, 0.15) is 0 Å². The molecule has 3 heterocycles. The molecular formula is C20H19F2N5O. The molecule has 0 bridgehead atoms. The smallest absolute Gasteiger partial charge is 0.200 e. The van der Waals surface area contributed by atoms with Gasteiger partial charge in [0.2, 0.25) is 5.82 Å². The Balaban J connectivity index is 1.69. The highest BCUT2D eigenvalue weighted by atomic mass is 19.2. The predicted molar refractivity (Wildman–Crippen MR) is 100 cm³/mol. The zero-order chi connectivity index (χ0) is 19.7. The van der Waals surface area contributed by atoms with Crippen LogP contribution in [-0.2, 0) is 6.42 Å². The van der Waals surface area contributed by atoms with E-state index < -0.39 is 11.6 Å². The van der Waals surface area contributed by atoms with Crippen molar-refractivity contribution >= 4 is 5.69 Å². The van der Waals surface area contributed by atoms with Crippen molar-refractivity contribution < 1.29 is 13.5 Å². The van der Waals surface area contributed by atoms with Crippen molar-refractivity contribution in [2.75, 3.05) is 18.6 Å². The topological polar surface area (TPSA) is 64.0 Å². The Morgan fingerprint density at radius 1 is 1.07 bits per heavy atom. The van der Waals surface area contributed by atoms with Gasteiger partial charge in [-0.1, -0.05) is 6.92 Å². The van der Waals surface area contributed by atoms with E-state index in [1.54, 1.807) is 36.9 Å². The molecule has 1 aliphatic rings. The summed E-state index contributed by atoms with van der Waals surface area (Å²) in [7, 11) is 1.34. The maximum atomic E-state index is 14.5. The molecule has 3 aromatic rings. The summed E-state index contributed by atoms with van der Waals surface area (Å²) in [5.41, 5.74) is 1.96. The van der Waals surface area contributed by atoms with Crippen LogP contribution in [0.4, 0.5) is 14.5 Å². The summed E-state index contributed by atoms with van der Waals surface area (Å²) in [6.45, 7) is 2.55. The van der Waals surface area contributed by atoms with E-state index in [0.29, 0.717) is 36.6 Å². The molecule has 8 heteroatoms. The van der Waals surface area contributed by atoms with Crippen LogP contribution >= 0.6 is 0 Å². The van der Waals surface area contributed by atoms with Gasteiger partial charge in [0.15, 0.2) is 23.2 Å². The molecule has 2 aromatic heterocycles. The van der Waals surface area contributed by atoms with Gasteiger partial charge in [0.25, 0.3) is 0 Å². The van der Waals surface area contributed by atoms with E-state index in [4.69, 9.17) is 4.74 Å². The maximum Gasteiger partial charge on any atom is 0.200 e. The van der Waals surface area contributed by atoms with Gasteiger partial charge in [-0.05, 0) is 36.1 Å². The van der Waals surface area contributed by atoms with Crippen LogP contribution < -0.4 is 9.64 Å². The van der Waals surface area contributed by atoms with Gasteiger partial charge in [-0.15, -0.1) is 0 Å². The SMILES string of the molecule is CCC1c2cc(OC)c(F)c(F)c2CCN1c1cnc(-c2ncccn2)nc1. The zero-order valence-corrected chi connectivity index (χ0v) is 15.6. The van der Waals surface area contributed by atoms with E-state index >= 15 is 0 Å². The fraction of sp³-hybridized carbons (Fsp3) is 0.300. The fourth-order valence-corrected chi connectivity index (χ4v) is 3.66. The number of benzene rings is 1. The Morgan fingerprint density at radius 3 is 2.39 bits per heavy atom. The van der Waals surface area contributed by atoms with E-state index in [-0.39, 0.29) is 11.8 Å². The number of nitrogens with zero attached hydrogens (tertiary/aromatic N) is 5. The highest BCUT2D eigenvalue weighted by molar-refractivity contribution is 5.54. The summed E-state index contributed by atoms with van der Waals surface area (Å²) >= 11 is 0. The lowest BCUT2D eigenvalue weighted by molar-refractivity contribution is 0.366. The van der Waals surface area contributed by atoms with Gasteiger partial charge < -0.3 is 9.64 Å². The standard InChI is InChI=1S/C20H19F2N5O/c1-3-15-14-9-16(28-2)18(22)17(21)13(14)5-8-27(15)12-10-25-20(26-11-12)19-23-6-4-7-24-19/h4,6-7,9-11,15H,3,5,8H2,1-2H3. The Kier molecular flexibility index (Phi) is 4.85. The predicted octanol–water partition coefficient (Wildman–Crippen LogP) is 3.73. The van der Waals surface area contributed by atoms with Crippen LogP contribution in [0.3, 0.4) is 0 Å². The minimum absolute atomic E-state index is 0.0793. The number of halogens is 2. The van der Waals surface area contributed by atoms with Crippen LogP contribution in [0.1, 0.15) is 30.5 Å². The summed E-state index contributed by atoms with van der Waals surface area (Å²) in [6.07, 6.45) is 7.80. The third kappa shape index (κ3) is 3.04. The lowest BCUT2D eigenvalue weighted by Crippen LogP contribution is -2.36. The number of aromatic nitrogens is 4. The minimum Gasteiger partial charge on any atom is -0.494 e. The van der Waals surface area contributed by atoms with Crippen LogP contribution in [0, 0.1) is 11.6 Å². The third-order valence-electron chi connectivity index (χ3n) is 4.99. The minimum atomic E-state index is -0.930. The second-order valence-corrected chi connectivity index (χ2v) is 6.48. The summed E-state index contributed by atoms with van der Waals surface area (Å²) in [4.78, 5) is 19.2. The lowest BCUT2D eigenvalue weighted by Gasteiger charge is -2.38. The van der Waals surface area contributed by atoms with Crippen molar-refractivity contribution in [1.82, 2.24) is 19.9 Å². The average Bonchev–Trinajstić information content (AvgIpc) is 2.76. The summed E-state index contributed by atoms with van der Waals surface area (Å²) < 4.78 is 33.6. The number of methoxy groups -OCH3 is 1. The van der Waals surface area contributed by atoms with E-state index in [1.807, 2.05) is 6.92 Å². The summed E-state index contributed by atoms with van der Waals surface area (Å²) in [5.74, 6) is -0.943. The molecule has 144 valence electrons. The van der Waals surface area contributed by atoms with Crippen molar-refractivity contribution in [2.24, 2.45) is 0 Å². The molecule has 1 unspecified atom stereocenters. The largest absolute Gasteiger partial charge is 0.494 e. The number of hydrogen-bond acceptors (Lipinski definition) is 6. The molecule has 4 rings (SSSR count). The molecule has 1 atom stereocenters. The van der Waals surface area contributed by atoms with Crippen LogP contribution in [0.5, 0.6) is 5.75 Å². The molecule has 1 aromatic carbocycles. The Morgan fingerprint density at radius 2 is 1.75 bits per heavy atom. The second kappa shape index (κ2) is 7.46.